The van der Waals surface area contributed by atoms with E-state index in [2.05, 4.69) is 16.0 Å². The normalized spacial score (nSPS) is 9.83. The molecule has 0 amide bonds. The van der Waals surface area contributed by atoms with Gasteiger partial charge in [-0.2, -0.15) is 5.26 Å². The highest BCUT2D eigenvalue weighted by atomic mass is 16.5. The molecule has 0 unspecified atom stereocenters. The van der Waals surface area contributed by atoms with E-state index < -0.39 is 0 Å². The van der Waals surface area contributed by atoms with Gasteiger partial charge in [0.25, 0.3) is 0 Å². The minimum atomic E-state index is 0.203. The summed E-state index contributed by atoms with van der Waals surface area (Å²) in [4.78, 5) is 8.18. The van der Waals surface area contributed by atoms with Crippen LogP contribution >= 0.6 is 0 Å². The number of methoxy groups -OCH3 is 1. The highest BCUT2D eigenvalue weighted by Gasteiger charge is 2.10. The molecule has 0 aliphatic heterocycles. The molecule has 0 saturated heterocycles. The summed E-state index contributed by atoms with van der Waals surface area (Å²) in [5.74, 6) is 0.848. The summed E-state index contributed by atoms with van der Waals surface area (Å²) in [6, 6.07) is 9.04. The fourth-order valence-electron chi connectivity index (χ4n) is 1.71. The SMILES string of the molecule is COc1ccc(C#N)cc1-c1cc(C)nc(N)n1. The molecule has 0 spiro atoms. The lowest BCUT2D eigenvalue weighted by molar-refractivity contribution is 0.416. The average molecular weight is 240 g/mol. The second-order valence-corrected chi connectivity index (χ2v) is 3.78. The molecule has 0 saturated carbocycles. The van der Waals surface area contributed by atoms with E-state index >= 15 is 0 Å². The molecule has 1 heterocycles. The molecule has 2 rings (SSSR count). The lowest BCUT2D eigenvalue weighted by Crippen LogP contribution is -1.99. The number of nitrogens with zero attached hydrogens (tertiary/aromatic N) is 3. The molecule has 1 aromatic carbocycles. The Morgan fingerprint density at radius 3 is 2.67 bits per heavy atom. The van der Waals surface area contributed by atoms with Crippen molar-refractivity contribution in [2.75, 3.05) is 12.8 Å². The van der Waals surface area contributed by atoms with Gasteiger partial charge in [-0.15, -0.1) is 0 Å². The molecule has 90 valence electrons. The zero-order valence-corrected chi connectivity index (χ0v) is 10.1. The lowest BCUT2D eigenvalue weighted by Gasteiger charge is -2.09. The molecule has 0 atom stereocenters. The van der Waals surface area contributed by atoms with Crippen LogP contribution in [0.25, 0.3) is 11.3 Å². The van der Waals surface area contributed by atoms with E-state index in [0.717, 1.165) is 11.3 Å². The van der Waals surface area contributed by atoms with E-state index in [9.17, 15) is 0 Å². The third-order valence-corrected chi connectivity index (χ3v) is 2.48. The number of aryl methyl sites for hydroxylation is 1. The number of aromatic nitrogens is 2. The molecule has 5 heteroatoms. The summed E-state index contributed by atoms with van der Waals surface area (Å²) in [5, 5.41) is 8.93. The van der Waals surface area contributed by atoms with Crippen molar-refractivity contribution in [2.24, 2.45) is 0 Å². The van der Waals surface area contributed by atoms with Crippen molar-refractivity contribution in [1.82, 2.24) is 9.97 Å². The summed E-state index contributed by atoms with van der Waals surface area (Å²) < 4.78 is 5.27. The van der Waals surface area contributed by atoms with Crippen LogP contribution in [0.1, 0.15) is 11.3 Å². The van der Waals surface area contributed by atoms with Crippen molar-refractivity contribution in [3.05, 3.63) is 35.5 Å². The summed E-state index contributed by atoms with van der Waals surface area (Å²) in [7, 11) is 1.57. The van der Waals surface area contributed by atoms with Crippen molar-refractivity contribution in [3.8, 4) is 23.1 Å². The van der Waals surface area contributed by atoms with Crippen molar-refractivity contribution < 1.29 is 4.74 Å². The number of benzene rings is 1. The standard InChI is InChI=1S/C13H12N4O/c1-8-5-11(17-13(15)16-8)10-6-9(7-14)3-4-12(10)18-2/h3-6H,1-2H3,(H2,15,16,17). The van der Waals surface area contributed by atoms with E-state index in [1.165, 1.54) is 0 Å². The topological polar surface area (TPSA) is 84.8 Å². The van der Waals surface area contributed by atoms with Gasteiger partial charge in [-0.3, -0.25) is 0 Å². The Morgan fingerprint density at radius 2 is 2.06 bits per heavy atom. The number of nitrogen functional groups attached to an aromatic ring is 1. The molecule has 0 aliphatic rings. The Hall–Kier alpha value is -2.61. The van der Waals surface area contributed by atoms with E-state index in [4.69, 9.17) is 15.7 Å². The van der Waals surface area contributed by atoms with Crippen LogP contribution in [0.3, 0.4) is 0 Å². The van der Waals surface area contributed by atoms with E-state index in [1.54, 1.807) is 31.4 Å². The van der Waals surface area contributed by atoms with Gasteiger partial charge in [-0.25, -0.2) is 9.97 Å². The number of hydrogen-bond donors (Lipinski definition) is 1. The number of rotatable bonds is 2. The zero-order valence-electron chi connectivity index (χ0n) is 10.1. The lowest BCUT2D eigenvalue weighted by atomic mass is 10.1. The minimum Gasteiger partial charge on any atom is -0.496 e. The molecule has 2 N–H and O–H groups in total. The first-order chi connectivity index (χ1) is 8.63. The smallest absolute Gasteiger partial charge is 0.220 e. The Morgan fingerprint density at radius 1 is 1.28 bits per heavy atom. The van der Waals surface area contributed by atoms with Crippen molar-refractivity contribution in [3.63, 3.8) is 0 Å². The number of anilines is 1. The number of nitriles is 1. The molecule has 18 heavy (non-hydrogen) atoms. The highest BCUT2D eigenvalue weighted by Crippen LogP contribution is 2.30. The van der Waals surface area contributed by atoms with Gasteiger partial charge in [0.1, 0.15) is 5.75 Å². The number of hydrogen-bond acceptors (Lipinski definition) is 5. The third-order valence-electron chi connectivity index (χ3n) is 2.48. The van der Waals surface area contributed by atoms with Gasteiger partial charge in [-0.1, -0.05) is 0 Å². The largest absolute Gasteiger partial charge is 0.496 e. The second kappa shape index (κ2) is 4.72. The minimum absolute atomic E-state index is 0.203. The van der Waals surface area contributed by atoms with E-state index in [1.807, 2.05) is 6.92 Å². The fourth-order valence-corrected chi connectivity index (χ4v) is 1.71. The summed E-state index contributed by atoms with van der Waals surface area (Å²) in [6.45, 7) is 1.84. The van der Waals surface area contributed by atoms with Gasteiger partial charge >= 0.3 is 0 Å². The molecular formula is C13H12N4O. The first-order valence-corrected chi connectivity index (χ1v) is 5.33. The van der Waals surface area contributed by atoms with Gasteiger partial charge in [-0.05, 0) is 31.2 Å². The van der Waals surface area contributed by atoms with Crippen LogP contribution in [-0.4, -0.2) is 17.1 Å². The van der Waals surface area contributed by atoms with Crippen LogP contribution in [0.15, 0.2) is 24.3 Å². The van der Waals surface area contributed by atoms with Crippen LogP contribution in [-0.2, 0) is 0 Å². The third kappa shape index (κ3) is 2.23. The van der Waals surface area contributed by atoms with Gasteiger partial charge in [0, 0.05) is 11.3 Å². The Balaban J connectivity index is 2.65. The highest BCUT2D eigenvalue weighted by molar-refractivity contribution is 5.70. The Labute approximate surface area is 105 Å². The molecule has 0 fully saturated rings. The van der Waals surface area contributed by atoms with Gasteiger partial charge in [0.15, 0.2) is 0 Å². The average Bonchev–Trinajstić information content (AvgIpc) is 2.36. The van der Waals surface area contributed by atoms with Crippen LogP contribution in [0, 0.1) is 18.3 Å². The summed E-state index contributed by atoms with van der Waals surface area (Å²) in [6.07, 6.45) is 0. The van der Waals surface area contributed by atoms with Gasteiger partial charge < -0.3 is 10.5 Å². The second-order valence-electron chi connectivity index (χ2n) is 3.78. The number of nitrogens with two attached hydrogens (primary N) is 1. The Bertz CT molecular complexity index is 611. The van der Waals surface area contributed by atoms with Gasteiger partial charge in [0.2, 0.25) is 5.95 Å². The van der Waals surface area contributed by atoms with Crippen molar-refractivity contribution in [2.45, 2.75) is 6.92 Å². The predicted molar refractivity (Wildman–Crippen MR) is 67.9 cm³/mol. The van der Waals surface area contributed by atoms with E-state index in [-0.39, 0.29) is 5.95 Å². The van der Waals surface area contributed by atoms with Crippen molar-refractivity contribution >= 4 is 5.95 Å². The maximum absolute atomic E-state index is 8.93. The molecule has 5 nitrogen and oxygen atoms in total. The first-order valence-electron chi connectivity index (χ1n) is 5.33. The molecule has 0 bridgehead atoms. The molecule has 0 radical (unpaired) electrons. The fraction of sp³-hybridized carbons (Fsp3) is 0.154. The summed E-state index contributed by atoms with van der Waals surface area (Å²) >= 11 is 0. The quantitative estimate of drug-likeness (QED) is 0.866. The molecule has 0 aliphatic carbocycles. The van der Waals surface area contributed by atoms with E-state index in [0.29, 0.717) is 17.0 Å². The number of ether oxygens (including phenoxy) is 1. The van der Waals surface area contributed by atoms with Crippen molar-refractivity contribution in [1.29, 1.82) is 5.26 Å². The van der Waals surface area contributed by atoms with Crippen LogP contribution in [0.4, 0.5) is 5.95 Å². The van der Waals surface area contributed by atoms with Crippen LogP contribution in [0.2, 0.25) is 0 Å². The molecule has 1 aromatic heterocycles. The monoisotopic (exact) mass is 240 g/mol. The first kappa shape index (κ1) is 11.9. The summed E-state index contributed by atoms with van der Waals surface area (Å²) in [5.41, 5.74) is 8.32. The predicted octanol–water partition coefficient (Wildman–Crippen LogP) is 1.91. The van der Waals surface area contributed by atoms with Gasteiger partial charge in [0.05, 0.1) is 24.4 Å². The maximum atomic E-state index is 8.93. The zero-order chi connectivity index (χ0) is 13.1. The maximum Gasteiger partial charge on any atom is 0.220 e. The Kier molecular flexibility index (Phi) is 3.11. The van der Waals surface area contributed by atoms with Crippen LogP contribution in [0.5, 0.6) is 5.75 Å². The molecular weight excluding hydrogens is 228 g/mol. The molecule has 2 aromatic rings. The van der Waals surface area contributed by atoms with Crippen LogP contribution < -0.4 is 10.5 Å².